The minimum atomic E-state index is -0.162. The number of benzene rings is 1. The van der Waals surface area contributed by atoms with Gasteiger partial charge in [-0.1, -0.05) is 11.6 Å². The molecule has 1 aliphatic rings. The number of anilines is 1. The number of amides is 2. The van der Waals surface area contributed by atoms with Gasteiger partial charge in [0.05, 0.1) is 10.6 Å². The third kappa shape index (κ3) is 2.82. The van der Waals surface area contributed by atoms with Gasteiger partial charge in [-0.2, -0.15) is 0 Å². The van der Waals surface area contributed by atoms with Crippen LogP contribution in [-0.4, -0.2) is 29.8 Å². The standard InChI is InChI=1S/C13H15ClN2O2/c1-9(17)15-10-4-5-11(12(14)8-10)13(18)16-6-2-3-7-16/h4-5,8H,2-3,6-7H2,1H3,(H,15,17). The van der Waals surface area contributed by atoms with Crippen LogP contribution in [0.4, 0.5) is 5.69 Å². The fourth-order valence-electron chi connectivity index (χ4n) is 2.06. The maximum atomic E-state index is 12.2. The minimum Gasteiger partial charge on any atom is -0.339 e. The van der Waals surface area contributed by atoms with Crippen LogP contribution in [0.5, 0.6) is 0 Å². The van der Waals surface area contributed by atoms with Gasteiger partial charge in [-0.15, -0.1) is 0 Å². The number of hydrogen-bond donors (Lipinski definition) is 1. The number of hydrogen-bond acceptors (Lipinski definition) is 2. The molecule has 0 bridgehead atoms. The summed E-state index contributed by atoms with van der Waals surface area (Å²) in [6.07, 6.45) is 2.10. The Morgan fingerprint density at radius 3 is 2.50 bits per heavy atom. The molecule has 2 rings (SSSR count). The summed E-state index contributed by atoms with van der Waals surface area (Å²) in [5.41, 5.74) is 1.10. The summed E-state index contributed by atoms with van der Waals surface area (Å²) < 4.78 is 0. The SMILES string of the molecule is CC(=O)Nc1ccc(C(=O)N2CCCC2)c(Cl)c1. The van der Waals surface area contributed by atoms with Crippen molar-refractivity contribution in [3.8, 4) is 0 Å². The summed E-state index contributed by atoms with van der Waals surface area (Å²) >= 11 is 6.09. The van der Waals surface area contributed by atoms with Gasteiger partial charge in [-0.3, -0.25) is 9.59 Å². The van der Waals surface area contributed by atoms with Crippen LogP contribution in [0.3, 0.4) is 0 Å². The monoisotopic (exact) mass is 266 g/mol. The molecule has 1 aromatic rings. The van der Waals surface area contributed by atoms with Crippen molar-refractivity contribution in [1.29, 1.82) is 0 Å². The number of nitrogens with zero attached hydrogens (tertiary/aromatic N) is 1. The van der Waals surface area contributed by atoms with Gasteiger partial charge >= 0.3 is 0 Å². The molecule has 4 nitrogen and oxygen atoms in total. The van der Waals surface area contributed by atoms with Gasteiger partial charge in [-0.05, 0) is 31.0 Å². The van der Waals surface area contributed by atoms with E-state index in [2.05, 4.69) is 5.32 Å². The molecule has 0 aliphatic carbocycles. The van der Waals surface area contributed by atoms with E-state index in [4.69, 9.17) is 11.6 Å². The van der Waals surface area contributed by atoms with E-state index in [1.807, 2.05) is 0 Å². The van der Waals surface area contributed by atoms with Crippen molar-refractivity contribution in [2.24, 2.45) is 0 Å². The number of carbonyl (C=O) groups excluding carboxylic acids is 2. The summed E-state index contributed by atoms with van der Waals surface area (Å²) in [4.78, 5) is 24.9. The molecule has 0 saturated carbocycles. The zero-order valence-electron chi connectivity index (χ0n) is 10.2. The molecular formula is C13H15ClN2O2. The zero-order valence-corrected chi connectivity index (χ0v) is 11.0. The Balaban J connectivity index is 2.18. The van der Waals surface area contributed by atoms with Crippen LogP contribution >= 0.6 is 11.6 Å². The van der Waals surface area contributed by atoms with E-state index < -0.39 is 0 Å². The van der Waals surface area contributed by atoms with Crippen molar-refractivity contribution in [3.05, 3.63) is 28.8 Å². The fourth-order valence-corrected chi connectivity index (χ4v) is 2.32. The van der Waals surface area contributed by atoms with E-state index in [1.54, 1.807) is 23.1 Å². The Labute approximate surface area is 111 Å². The van der Waals surface area contributed by atoms with Crippen molar-refractivity contribution in [3.63, 3.8) is 0 Å². The lowest BCUT2D eigenvalue weighted by Crippen LogP contribution is -2.27. The first-order valence-electron chi connectivity index (χ1n) is 5.94. The normalized spacial score (nSPS) is 14.7. The van der Waals surface area contributed by atoms with Crippen LogP contribution in [0.15, 0.2) is 18.2 Å². The van der Waals surface area contributed by atoms with Gasteiger partial charge in [0.25, 0.3) is 5.91 Å². The molecule has 1 heterocycles. The second kappa shape index (κ2) is 5.40. The average Bonchev–Trinajstić information content (AvgIpc) is 2.80. The molecule has 5 heteroatoms. The molecule has 0 unspecified atom stereocenters. The first-order valence-corrected chi connectivity index (χ1v) is 6.32. The quantitative estimate of drug-likeness (QED) is 0.894. The molecule has 1 aliphatic heterocycles. The molecule has 96 valence electrons. The van der Waals surface area contributed by atoms with Gasteiger partial charge in [0.1, 0.15) is 0 Å². The van der Waals surface area contributed by atoms with Crippen molar-refractivity contribution >= 4 is 29.1 Å². The molecule has 0 atom stereocenters. The Morgan fingerprint density at radius 1 is 1.28 bits per heavy atom. The molecular weight excluding hydrogens is 252 g/mol. The molecule has 1 N–H and O–H groups in total. The van der Waals surface area contributed by atoms with Crippen LogP contribution in [-0.2, 0) is 4.79 Å². The highest BCUT2D eigenvalue weighted by Gasteiger charge is 2.21. The molecule has 1 fully saturated rings. The summed E-state index contributed by atoms with van der Waals surface area (Å²) in [5, 5.41) is 3.01. The number of carbonyl (C=O) groups is 2. The van der Waals surface area contributed by atoms with Crippen molar-refractivity contribution in [2.45, 2.75) is 19.8 Å². The molecule has 2 amide bonds. The topological polar surface area (TPSA) is 49.4 Å². The summed E-state index contributed by atoms with van der Waals surface area (Å²) in [6.45, 7) is 3.02. The first kappa shape index (κ1) is 12.9. The van der Waals surface area contributed by atoms with Crippen molar-refractivity contribution < 1.29 is 9.59 Å². The minimum absolute atomic E-state index is 0.0353. The smallest absolute Gasteiger partial charge is 0.255 e. The summed E-state index contributed by atoms with van der Waals surface area (Å²) in [7, 11) is 0. The molecule has 0 spiro atoms. The van der Waals surface area contributed by atoms with E-state index >= 15 is 0 Å². The maximum Gasteiger partial charge on any atom is 0.255 e. The van der Waals surface area contributed by atoms with Crippen LogP contribution in [0.25, 0.3) is 0 Å². The zero-order chi connectivity index (χ0) is 13.1. The largest absolute Gasteiger partial charge is 0.339 e. The highest BCUT2D eigenvalue weighted by atomic mass is 35.5. The van der Waals surface area contributed by atoms with E-state index in [9.17, 15) is 9.59 Å². The van der Waals surface area contributed by atoms with Gasteiger partial charge in [0, 0.05) is 25.7 Å². The Hall–Kier alpha value is -1.55. The number of likely N-dealkylation sites (tertiary alicyclic amines) is 1. The predicted octanol–water partition coefficient (Wildman–Crippen LogP) is 2.53. The van der Waals surface area contributed by atoms with E-state index in [0.717, 1.165) is 25.9 Å². The second-order valence-electron chi connectivity index (χ2n) is 4.38. The Morgan fingerprint density at radius 2 is 1.94 bits per heavy atom. The number of rotatable bonds is 2. The Kier molecular flexibility index (Phi) is 3.87. The lowest BCUT2D eigenvalue weighted by Gasteiger charge is -2.16. The predicted molar refractivity (Wildman–Crippen MR) is 70.9 cm³/mol. The van der Waals surface area contributed by atoms with E-state index in [1.165, 1.54) is 6.92 Å². The van der Waals surface area contributed by atoms with Gasteiger partial charge in [0.15, 0.2) is 0 Å². The Bertz CT molecular complexity index is 482. The molecule has 0 aromatic heterocycles. The second-order valence-corrected chi connectivity index (χ2v) is 4.78. The van der Waals surface area contributed by atoms with Gasteiger partial charge < -0.3 is 10.2 Å². The van der Waals surface area contributed by atoms with Crippen LogP contribution in [0, 0.1) is 0 Å². The van der Waals surface area contributed by atoms with Crippen LogP contribution in [0.2, 0.25) is 5.02 Å². The number of nitrogens with one attached hydrogen (secondary N) is 1. The number of halogens is 1. The van der Waals surface area contributed by atoms with Crippen LogP contribution < -0.4 is 5.32 Å². The molecule has 18 heavy (non-hydrogen) atoms. The van der Waals surface area contributed by atoms with Crippen molar-refractivity contribution in [2.75, 3.05) is 18.4 Å². The third-order valence-corrected chi connectivity index (χ3v) is 3.23. The van der Waals surface area contributed by atoms with Crippen LogP contribution in [0.1, 0.15) is 30.1 Å². The molecule has 1 saturated heterocycles. The maximum absolute atomic E-state index is 12.2. The van der Waals surface area contributed by atoms with E-state index in [-0.39, 0.29) is 11.8 Å². The highest BCUT2D eigenvalue weighted by Crippen LogP contribution is 2.23. The lowest BCUT2D eigenvalue weighted by molar-refractivity contribution is -0.114. The third-order valence-electron chi connectivity index (χ3n) is 2.91. The fraction of sp³-hybridized carbons (Fsp3) is 0.385. The van der Waals surface area contributed by atoms with Gasteiger partial charge in [-0.25, -0.2) is 0 Å². The van der Waals surface area contributed by atoms with Crippen molar-refractivity contribution in [1.82, 2.24) is 4.90 Å². The van der Waals surface area contributed by atoms with E-state index in [0.29, 0.717) is 16.3 Å². The average molecular weight is 267 g/mol. The summed E-state index contributed by atoms with van der Waals surface area (Å²) in [5.74, 6) is -0.198. The highest BCUT2D eigenvalue weighted by molar-refractivity contribution is 6.34. The summed E-state index contributed by atoms with van der Waals surface area (Å²) in [6, 6.07) is 4.96. The lowest BCUT2D eigenvalue weighted by atomic mass is 10.2. The molecule has 1 aromatic carbocycles. The van der Waals surface area contributed by atoms with Gasteiger partial charge in [0.2, 0.25) is 5.91 Å². The first-order chi connectivity index (χ1) is 8.58. The molecule has 0 radical (unpaired) electrons.